The molecule has 2 amide bonds. The van der Waals surface area contributed by atoms with Crippen molar-refractivity contribution >= 4 is 32.0 Å². The number of aryl methyl sites for hydroxylation is 1. The number of nitrogens with one attached hydrogen (secondary N) is 1. The van der Waals surface area contributed by atoms with Gasteiger partial charge in [0.15, 0.2) is 0 Å². The Balaban J connectivity index is 2.13. The number of hydrogen-bond acceptors (Lipinski definition) is 5. The second-order valence-corrected chi connectivity index (χ2v) is 8.32. The molecule has 3 N–H and O–H groups in total. The first-order valence-corrected chi connectivity index (χ1v) is 9.46. The highest BCUT2D eigenvalue weighted by Crippen LogP contribution is 2.25. The van der Waals surface area contributed by atoms with E-state index in [1.54, 1.807) is 6.92 Å². The largest absolute Gasteiger partial charge is 0.393 e. The van der Waals surface area contributed by atoms with E-state index in [4.69, 9.17) is 5.11 Å². The minimum absolute atomic E-state index is 0.0836. The monoisotopic (exact) mass is 424 g/mol. The Labute approximate surface area is 147 Å². The van der Waals surface area contributed by atoms with Gasteiger partial charge in [0.25, 0.3) is 10.0 Å². The van der Waals surface area contributed by atoms with Crippen LogP contribution in [0.2, 0.25) is 0 Å². The van der Waals surface area contributed by atoms with Crippen molar-refractivity contribution in [2.75, 3.05) is 19.7 Å². The predicted octanol–water partition coefficient (Wildman–Crippen LogP) is 1.11. The van der Waals surface area contributed by atoms with Crippen LogP contribution < -0.4 is 4.72 Å². The lowest BCUT2D eigenvalue weighted by molar-refractivity contribution is -0.0524. The van der Waals surface area contributed by atoms with Crippen LogP contribution in [0.5, 0.6) is 0 Å². The van der Waals surface area contributed by atoms with E-state index in [0.717, 1.165) is 12.1 Å². The van der Waals surface area contributed by atoms with Crippen molar-refractivity contribution in [3.8, 4) is 0 Å². The van der Waals surface area contributed by atoms with Gasteiger partial charge in [0.05, 0.1) is 12.2 Å². The number of halogens is 2. The molecule has 0 unspecified atom stereocenters. The minimum atomic E-state index is -4.36. The van der Waals surface area contributed by atoms with Crippen molar-refractivity contribution in [1.29, 1.82) is 0 Å². The highest BCUT2D eigenvalue weighted by Gasteiger charge is 2.34. The number of carbonyl (C=O) groups is 1. The number of nitrogens with zero attached hydrogens (tertiary/aromatic N) is 1. The number of aliphatic hydroxyl groups excluding tert-OH is 1. The Hall–Kier alpha value is -1.23. The molecule has 10 heteroatoms. The number of aliphatic hydroxyl groups is 2. The first-order chi connectivity index (χ1) is 11.1. The van der Waals surface area contributed by atoms with Crippen LogP contribution in [0.3, 0.4) is 0 Å². The second-order valence-electron chi connectivity index (χ2n) is 5.81. The molecule has 1 aromatic rings. The molecule has 1 fully saturated rings. The average molecular weight is 425 g/mol. The molecule has 0 saturated carbocycles. The summed E-state index contributed by atoms with van der Waals surface area (Å²) in [7, 11) is -4.36. The van der Waals surface area contributed by atoms with E-state index >= 15 is 0 Å². The third-order valence-corrected chi connectivity index (χ3v) is 6.19. The molecule has 24 heavy (non-hydrogen) atoms. The topological polar surface area (TPSA) is 107 Å². The van der Waals surface area contributed by atoms with Crippen molar-refractivity contribution in [1.82, 2.24) is 9.62 Å². The lowest BCUT2D eigenvalue weighted by Crippen LogP contribution is -2.52. The molecule has 0 aromatic heterocycles. The molecule has 0 radical (unpaired) electrons. The van der Waals surface area contributed by atoms with Crippen LogP contribution in [0, 0.1) is 12.7 Å². The fourth-order valence-electron chi connectivity index (χ4n) is 2.36. The minimum Gasteiger partial charge on any atom is -0.393 e. The summed E-state index contributed by atoms with van der Waals surface area (Å²) in [5.41, 5.74) is -0.750. The van der Waals surface area contributed by atoms with Crippen LogP contribution in [0.25, 0.3) is 0 Å². The maximum Gasteiger partial charge on any atom is 0.331 e. The average Bonchev–Trinajstić information content (AvgIpc) is 2.51. The van der Waals surface area contributed by atoms with Gasteiger partial charge in [-0.2, -0.15) is 0 Å². The van der Waals surface area contributed by atoms with E-state index in [1.807, 2.05) is 4.72 Å². The quantitative estimate of drug-likeness (QED) is 0.673. The van der Waals surface area contributed by atoms with Crippen molar-refractivity contribution in [3.63, 3.8) is 0 Å². The van der Waals surface area contributed by atoms with Gasteiger partial charge in [-0.15, -0.1) is 0 Å². The second kappa shape index (κ2) is 6.95. The van der Waals surface area contributed by atoms with Gasteiger partial charge in [0.2, 0.25) is 0 Å². The van der Waals surface area contributed by atoms with E-state index < -0.39 is 39.0 Å². The standard InChI is InChI=1S/C14H18BrFN2O5S/c1-9-6-12(11(16)7-10(9)15)24(22,23)17-13(20)18-4-2-14(21,8-19)3-5-18/h6-7,19,21H,2-5,8H2,1H3,(H,17,20). The molecule has 0 atom stereocenters. The number of urea groups is 1. The van der Waals surface area contributed by atoms with Gasteiger partial charge >= 0.3 is 6.03 Å². The lowest BCUT2D eigenvalue weighted by atomic mass is 9.93. The molecule has 134 valence electrons. The van der Waals surface area contributed by atoms with Crippen LogP contribution in [-0.4, -0.2) is 54.9 Å². The van der Waals surface area contributed by atoms with E-state index in [0.29, 0.717) is 10.0 Å². The number of benzene rings is 1. The molecule has 1 saturated heterocycles. The molecule has 1 aliphatic heterocycles. The summed E-state index contributed by atoms with van der Waals surface area (Å²) in [6, 6.07) is 1.27. The van der Waals surface area contributed by atoms with E-state index in [1.165, 1.54) is 4.90 Å². The molecular formula is C14H18BrFN2O5S. The predicted molar refractivity (Wildman–Crippen MR) is 87.4 cm³/mol. The molecule has 0 aliphatic carbocycles. The van der Waals surface area contributed by atoms with Gasteiger partial charge < -0.3 is 15.1 Å². The van der Waals surface area contributed by atoms with Gasteiger partial charge in [0, 0.05) is 17.6 Å². The molecule has 1 aromatic carbocycles. The zero-order valence-electron chi connectivity index (χ0n) is 12.9. The van der Waals surface area contributed by atoms with Crippen LogP contribution in [-0.2, 0) is 10.0 Å². The Kier molecular flexibility index (Phi) is 5.53. The third-order valence-electron chi connectivity index (χ3n) is 4.00. The Morgan fingerprint density at radius 3 is 2.54 bits per heavy atom. The summed E-state index contributed by atoms with van der Waals surface area (Å²) >= 11 is 3.10. The highest BCUT2D eigenvalue weighted by atomic mass is 79.9. The van der Waals surface area contributed by atoms with Crippen molar-refractivity contribution in [2.24, 2.45) is 0 Å². The van der Waals surface area contributed by atoms with Gasteiger partial charge in [-0.25, -0.2) is 22.3 Å². The summed E-state index contributed by atoms with van der Waals surface area (Å²) in [6.45, 7) is 1.34. The molecule has 1 aliphatic rings. The third kappa shape index (κ3) is 4.05. The van der Waals surface area contributed by atoms with Crippen molar-refractivity contribution < 1.29 is 27.8 Å². The normalized spacial score (nSPS) is 17.6. The SMILES string of the molecule is Cc1cc(S(=O)(=O)NC(=O)N2CCC(O)(CO)CC2)c(F)cc1Br. The fraction of sp³-hybridized carbons (Fsp3) is 0.500. The summed E-state index contributed by atoms with van der Waals surface area (Å²) in [5.74, 6) is -0.971. The fourth-order valence-corrected chi connectivity index (χ4v) is 3.79. The van der Waals surface area contributed by atoms with Gasteiger partial charge in [0.1, 0.15) is 10.7 Å². The molecule has 1 heterocycles. The number of sulfonamides is 1. The summed E-state index contributed by atoms with van der Waals surface area (Å²) < 4.78 is 40.7. The Morgan fingerprint density at radius 2 is 2.00 bits per heavy atom. The number of rotatable bonds is 3. The van der Waals surface area contributed by atoms with Gasteiger partial charge in [-0.05, 0) is 37.5 Å². The molecule has 7 nitrogen and oxygen atoms in total. The van der Waals surface area contributed by atoms with E-state index in [-0.39, 0.29) is 25.9 Å². The van der Waals surface area contributed by atoms with Crippen LogP contribution >= 0.6 is 15.9 Å². The van der Waals surface area contributed by atoms with Crippen molar-refractivity contribution in [2.45, 2.75) is 30.3 Å². The first-order valence-electron chi connectivity index (χ1n) is 7.18. The number of likely N-dealkylation sites (tertiary alicyclic amines) is 1. The van der Waals surface area contributed by atoms with Crippen molar-refractivity contribution in [3.05, 3.63) is 28.0 Å². The van der Waals surface area contributed by atoms with Crippen LogP contribution in [0.15, 0.2) is 21.5 Å². The van der Waals surface area contributed by atoms with Crippen LogP contribution in [0.1, 0.15) is 18.4 Å². The van der Waals surface area contributed by atoms with E-state index in [9.17, 15) is 22.7 Å². The van der Waals surface area contributed by atoms with E-state index in [2.05, 4.69) is 15.9 Å². The number of carbonyl (C=O) groups excluding carboxylic acids is 1. The number of amides is 2. The molecule has 0 bridgehead atoms. The molecule has 0 spiro atoms. The number of hydrogen-bond donors (Lipinski definition) is 3. The lowest BCUT2D eigenvalue weighted by Gasteiger charge is -2.36. The summed E-state index contributed by atoms with van der Waals surface area (Å²) in [6.07, 6.45) is 0.255. The smallest absolute Gasteiger partial charge is 0.331 e. The Morgan fingerprint density at radius 1 is 1.42 bits per heavy atom. The Bertz CT molecular complexity index is 748. The maximum atomic E-state index is 13.9. The first kappa shape index (κ1) is 19.1. The summed E-state index contributed by atoms with van der Waals surface area (Å²) in [4.78, 5) is 12.7. The van der Waals surface area contributed by atoms with Gasteiger partial charge in [-0.1, -0.05) is 15.9 Å². The van der Waals surface area contributed by atoms with Crippen LogP contribution in [0.4, 0.5) is 9.18 Å². The summed E-state index contributed by atoms with van der Waals surface area (Å²) in [5, 5.41) is 19.0. The number of piperidine rings is 1. The zero-order chi connectivity index (χ0) is 18.1. The highest BCUT2D eigenvalue weighted by molar-refractivity contribution is 9.10. The van der Waals surface area contributed by atoms with Gasteiger partial charge in [-0.3, -0.25) is 0 Å². The molecular weight excluding hydrogens is 407 g/mol. The molecule has 2 rings (SSSR count). The maximum absolute atomic E-state index is 13.9. The zero-order valence-corrected chi connectivity index (χ0v) is 15.3.